The van der Waals surface area contributed by atoms with Crippen LogP contribution in [0.25, 0.3) is 0 Å². The van der Waals surface area contributed by atoms with E-state index >= 15 is 0 Å². The van der Waals surface area contributed by atoms with Crippen LogP contribution in [0.2, 0.25) is 0 Å². The molecular weight excluding hydrogens is 316 g/mol. The maximum Gasteiger partial charge on any atom is 0.267 e. The van der Waals surface area contributed by atoms with Crippen LogP contribution in [0.15, 0.2) is 42.5 Å². The summed E-state index contributed by atoms with van der Waals surface area (Å²) < 4.78 is 11.1. The van der Waals surface area contributed by atoms with Crippen LogP contribution < -0.4 is 14.4 Å². The molecule has 2 aromatic rings. The lowest BCUT2D eigenvalue weighted by Crippen LogP contribution is -2.43. The molecule has 1 atom stereocenters. The van der Waals surface area contributed by atoms with Crippen molar-refractivity contribution < 1.29 is 14.3 Å². The minimum absolute atomic E-state index is 0.0847. The third kappa shape index (κ3) is 3.43. The Morgan fingerprint density at radius 1 is 1.24 bits per heavy atom. The highest BCUT2D eigenvalue weighted by atomic mass is 16.5. The van der Waals surface area contributed by atoms with Crippen LogP contribution in [0.5, 0.6) is 11.5 Å². The Morgan fingerprint density at radius 3 is 2.80 bits per heavy atom. The van der Waals surface area contributed by atoms with Crippen LogP contribution in [0, 0.1) is 11.3 Å². The van der Waals surface area contributed by atoms with Gasteiger partial charge in [0.2, 0.25) is 0 Å². The maximum atomic E-state index is 12.9. The van der Waals surface area contributed by atoms with E-state index < -0.39 is 6.10 Å². The van der Waals surface area contributed by atoms with E-state index in [2.05, 4.69) is 12.1 Å². The number of nitriles is 1. The molecule has 0 bridgehead atoms. The van der Waals surface area contributed by atoms with Gasteiger partial charge in [-0.1, -0.05) is 18.2 Å². The number of ether oxygens (including phenoxy) is 2. The standard InChI is InChI=1S/C20H20N2O3/c1-14(25-18-10-9-15(13-21)12-19(18)24-2)20(23)22-11-5-7-16-6-3-4-8-17(16)22/h3-4,6,8-10,12,14H,5,7,11H2,1-2H3/t14-/m1/s1. The second-order valence-electron chi connectivity index (χ2n) is 5.96. The fourth-order valence-electron chi connectivity index (χ4n) is 3.06. The Morgan fingerprint density at radius 2 is 2.04 bits per heavy atom. The van der Waals surface area contributed by atoms with Gasteiger partial charge in [-0.25, -0.2) is 0 Å². The second-order valence-corrected chi connectivity index (χ2v) is 5.96. The topological polar surface area (TPSA) is 62.6 Å². The molecule has 1 amide bonds. The predicted octanol–water partition coefficient (Wildman–Crippen LogP) is 3.31. The predicted molar refractivity (Wildman–Crippen MR) is 94.9 cm³/mol. The van der Waals surface area contributed by atoms with Gasteiger partial charge in [0.15, 0.2) is 17.6 Å². The first-order valence-electron chi connectivity index (χ1n) is 8.28. The molecule has 1 aliphatic heterocycles. The number of hydrogen-bond acceptors (Lipinski definition) is 4. The molecule has 0 radical (unpaired) electrons. The van der Waals surface area contributed by atoms with Crippen molar-refractivity contribution in [2.45, 2.75) is 25.9 Å². The van der Waals surface area contributed by atoms with E-state index in [1.807, 2.05) is 18.2 Å². The van der Waals surface area contributed by atoms with Crippen molar-refractivity contribution >= 4 is 11.6 Å². The largest absolute Gasteiger partial charge is 0.493 e. The van der Waals surface area contributed by atoms with Gasteiger partial charge in [0.1, 0.15) is 0 Å². The number of anilines is 1. The van der Waals surface area contributed by atoms with Crippen molar-refractivity contribution in [3.63, 3.8) is 0 Å². The second kappa shape index (κ2) is 7.27. The van der Waals surface area contributed by atoms with E-state index in [1.54, 1.807) is 30.0 Å². The summed E-state index contributed by atoms with van der Waals surface area (Å²) in [5, 5.41) is 8.97. The zero-order valence-electron chi connectivity index (χ0n) is 14.4. The third-order valence-corrected chi connectivity index (χ3v) is 4.32. The summed E-state index contributed by atoms with van der Waals surface area (Å²) in [5.41, 5.74) is 2.62. The number of methoxy groups -OCH3 is 1. The average molecular weight is 336 g/mol. The quantitative estimate of drug-likeness (QED) is 0.859. The fraction of sp³-hybridized carbons (Fsp3) is 0.300. The zero-order chi connectivity index (χ0) is 17.8. The van der Waals surface area contributed by atoms with Crippen molar-refractivity contribution in [2.24, 2.45) is 0 Å². The molecule has 0 saturated heterocycles. The van der Waals surface area contributed by atoms with Gasteiger partial charge in [-0.2, -0.15) is 5.26 Å². The summed E-state index contributed by atoms with van der Waals surface area (Å²) in [6, 6.07) is 14.9. The first-order chi connectivity index (χ1) is 12.1. The average Bonchev–Trinajstić information content (AvgIpc) is 2.67. The van der Waals surface area contributed by atoms with Crippen molar-refractivity contribution in [2.75, 3.05) is 18.6 Å². The number of para-hydroxylation sites is 1. The van der Waals surface area contributed by atoms with Crippen LogP contribution in [0.1, 0.15) is 24.5 Å². The van der Waals surface area contributed by atoms with E-state index in [0.717, 1.165) is 18.5 Å². The summed E-state index contributed by atoms with van der Waals surface area (Å²) in [6.45, 7) is 2.42. The Kier molecular flexibility index (Phi) is 4.90. The number of nitrogens with zero attached hydrogens (tertiary/aromatic N) is 2. The van der Waals surface area contributed by atoms with Crippen LogP contribution >= 0.6 is 0 Å². The molecular formula is C20H20N2O3. The molecule has 1 heterocycles. The van der Waals surface area contributed by atoms with E-state index in [4.69, 9.17) is 14.7 Å². The molecule has 3 rings (SSSR count). The van der Waals surface area contributed by atoms with Gasteiger partial charge in [-0.3, -0.25) is 4.79 Å². The highest BCUT2D eigenvalue weighted by Crippen LogP contribution is 2.31. The minimum Gasteiger partial charge on any atom is -0.493 e. The maximum absolute atomic E-state index is 12.9. The molecule has 0 N–H and O–H groups in total. The van der Waals surface area contributed by atoms with Crippen molar-refractivity contribution in [1.29, 1.82) is 5.26 Å². The molecule has 0 unspecified atom stereocenters. The molecule has 0 fully saturated rings. The number of hydrogen-bond donors (Lipinski definition) is 0. The molecule has 0 saturated carbocycles. The van der Waals surface area contributed by atoms with Gasteiger partial charge in [0.25, 0.3) is 5.91 Å². The molecule has 2 aromatic carbocycles. The number of aryl methyl sites for hydroxylation is 1. The van der Waals surface area contributed by atoms with Gasteiger partial charge in [0, 0.05) is 18.3 Å². The first-order valence-corrected chi connectivity index (χ1v) is 8.28. The van der Waals surface area contributed by atoms with E-state index in [0.29, 0.717) is 23.6 Å². The third-order valence-electron chi connectivity index (χ3n) is 4.32. The summed E-state index contributed by atoms with van der Waals surface area (Å²) >= 11 is 0. The van der Waals surface area contributed by atoms with Crippen LogP contribution in [-0.2, 0) is 11.2 Å². The molecule has 128 valence electrons. The highest BCUT2D eigenvalue weighted by molar-refractivity contribution is 5.97. The van der Waals surface area contributed by atoms with E-state index in [9.17, 15) is 4.79 Å². The van der Waals surface area contributed by atoms with Gasteiger partial charge in [-0.05, 0) is 43.5 Å². The summed E-state index contributed by atoms with van der Waals surface area (Å²) in [6.07, 6.45) is 1.27. The Labute approximate surface area is 147 Å². The van der Waals surface area contributed by atoms with Crippen molar-refractivity contribution in [1.82, 2.24) is 0 Å². The number of amides is 1. The van der Waals surface area contributed by atoms with Gasteiger partial charge in [0.05, 0.1) is 18.7 Å². The van der Waals surface area contributed by atoms with E-state index in [-0.39, 0.29) is 5.91 Å². The number of fused-ring (bicyclic) bond motifs is 1. The first kappa shape index (κ1) is 16.8. The fourth-order valence-corrected chi connectivity index (χ4v) is 3.06. The number of benzene rings is 2. The van der Waals surface area contributed by atoms with Gasteiger partial charge < -0.3 is 14.4 Å². The number of carbonyl (C=O) groups excluding carboxylic acids is 1. The Balaban J connectivity index is 1.80. The molecule has 1 aliphatic rings. The minimum atomic E-state index is -0.659. The highest BCUT2D eigenvalue weighted by Gasteiger charge is 2.27. The van der Waals surface area contributed by atoms with Crippen LogP contribution in [0.3, 0.4) is 0 Å². The monoisotopic (exact) mass is 336 g/mol. The Bertz CT molecular complexity index is 826. The zero-order valence-corrected chi connectivity index (χ0v) is 14.4. The molecule has 0 aromatic heterocycles. The summed E-state index contributed by atoms with van der Waals surface area (Å²) in [5.74, 6) is 0.809. The summed E-state index contributed by atoms with van der Waals surface area (Å²) in [4.78, 5) is 14.7. The molecule has 5 heteroatoms. The Hall–Kier alpha value is -3.00. The number of rotatable bonds is 4. The van der Waals surface area contributed by atoms with Crippen molar-refractivity contribution in [3.8, 4) is 17.6 Å². The van der Waals surface area contributed by atoms with Gasteiger partial charge >= 0.3 is 0 Å². The molecule has 5 nitrogen and oxygen atoms in total. The van der Waals surface area contributed by atoms with Crippen LogP contribution in [-0.4, -0.2) is 25.7 Å². The van der Waals surface area contributed by atoms with Crippen LogP contribution in [0.4, 0.5) is 5.69 Å². The van der Waals surface area contributed by atoms with E-state index in [1.165, 1.54) is 12.7 Å². The molecule has 25 heavy (non-hydrogen) atoms. The van der Waals surface area contributed by atoms with Crippen molar-refractivity contribution in [3.05, 3.63) is 53.6 Å². The number of carbonyl (C=O) groups is 1. The lowest BCUT2D eigenvalue weighted by molar-refractivity contribution is -0.124. The lowest BCUT2D eigenvalue weighted by Gasteiger charge is -2.31. The van der Waals surface area contributed by atoms with Gasteiger partial charge in [-0.15, -0.1) is 0 Å². The smallest absolute Gasteiger partial charge is 0.267 e. The lowest BCUT2D eigenvalue weighted by atomic mass is 10.0. The SMILES string of the molecule is COc1cc(C#N)ccc1O[C@H](C)C(=O)N1CCCc2ccccc21. The normalized spacial score (nSPS) is 14.2. The molecule has 0 spiro atoms. The summed E-state index contributed by atoms with van der Waals surface area (Å²) in [7, 11) is 1.51. The molecule has 0 aliphatic carbocycles.